The van der Waals surface area contributed by atoms with Crippen LogP contribution in [-0.4, -0.2) is 30.0 Å². The fraction of sp³-hybridized carbons (Fsp3) is 1.00. The molecular weight excluding hydrogens is 118 g/mol. The van der Waals surface area contributed by atoms with Gasteiger partial charge in [-0.25, -0.2) is 0 Å². The van der Waals surface area contributed by atoms with Crippen LogP contribution in [-0.2, 0) is 4.74 Å². The quantitative estimate of drug-likeness (QED) is 0.503. The van der Waals surface area contributed by atoms with E-state index in [2.05, 4.69) is 0 Å². The van der Waals surface area contributed by atoms with Gasteiger partial charge in [0.2, 0.25) is 0 Å². The van der Waals surface area contributed by atoms with E-state index < -0.39 is 0 Å². The Bertz CT molecular complexity index is 87.1. The van der Waals surface area contributed by atoms with Gasteiger partial charge in [0, 0.05) is 13.0 Å². The first-order valence-corrected chi connectivity index (χ1v) is 3.27. The van der Waals surface area contributed by atoms with Crippen molar-refractivity contribution in [1.82, 2.24) is 0 Å². The second-order valence-electron chi connectivity index (χ2n) is 2.50. The van der Waals surface area contributed by atoms with Gasteiger partial charge in [0.25, 0.3) is 0 Å². The van der Waals surface area contributed by atoms with E-state index in [0.29, 0.717) is 13.0 Å². The van der Waals surface area contributed by atoms with Crippen molar-refractivity contribution in [3.8, 4) is 0 Å². The number of aliphatic hydroxyl groups excluding tert-OH is 1. The van der Waals surface area contributed by atoms with Gasteiger partial charge < -0.3 is 15.6 Å². The zero-order valence-electron chi connectivity index (χ0n) is 5.58. The Labute approximate surface area is 54.8 Å². The van der Waals surface area contributed by atoms with E-state index >= 15 is 0 Å². The van der Waals surface area contributed by atoms with Crippen LogP contribution in [0.2, 0.25) is 0 Å². The van der Waals surface area contributed by atoms with E-state index in [1.807, 2.05) is 6.92 Å². The van der Waals surface area contributed by atoms with Crippen molar-refractivity contribution < 1.29 is 9.84 Å². The summed E-state index contributed by atoms with van der Waals surface area (Å²) < 4.78 is 5.25. The van der Waals surface area contributed by atoms with Crippen molar-refractivity contribution in [3.05, 3.63) is 0 Å². The maximum absolute atomic E-state index is 9.12. The molecule has 3 nitrogen and oxygen atoms in total. The van der Waals surface area contributed by atoms with Gasteiger partial charge in [-0.3, -0.25) is 0 Å². The SMILES string of the molecule is C[C@H]1O[C@@H](CN)C[C@@H]1O. The molecule has 1 aliphatic rings. The molecule has 3 heteroatoms. The van der Waals surface area contributed by atoms with Gasteiger partial charge in [0.15, 0.2) is 0 Å². The summed E-state index contributed by atoms with van der Waals surface area (Å²) in [5.41, 5.74) is 5.32. The normalized spacial score (nSPS) is 43.7. The predicted molar refractivity (Wildman–Crippen MR) is 34.0 cm³/mol. The highest BCUT2D eigenvalue weighted by Gasteiger charge is 2.29. The molecule has 1 saturated heterocycles. The Kier molecular flexibility index (Phi) is 2.05. The smallest absolute Gasteiger partial charge is 0.0824 e. The molecule has 54 valence electrons. The minimum absolute atomic E-state index is 0.0291. The average Bonchev–Trinajstić information content (AvgIpc) is 2.13. The van der Waals surface area contributed by atoms with Crippen molar-refractivity contribution in [3.63, 3.8) is 0 Å². The lowest BCUT2D eigenvalue weighted by Gasteiger charge is -2.06. The monoisotopic (exact) mass is 131 g/mol. The van der Waals surface area contributed by atoms with Crippen LogP contribution in [0.25, 0.3) is 0 Å². The largest absolute Gasteiger partial charge is 0.390 e. The third-order valence-corrected chi connectivity index (χ3v) is 1.72. The zero-order chi connectivity index (χ0) is 6.85. The Morgan fingerprint density at radius 3 is 2.67 bits per heavy atom. The van der Waals surface area contributed by atoms with Gasteiger partial charge >= 0.3 is 0 Å². The van der Waals surface area contributed by atoms with Crippen molar-refractivity contribution >= 4 is 0 Å². The van der Waals surface area contributed by atoms with Crippen LogP contribution >= 0.6 is 0 Å². The summed E-state index contributed by atoms with van der Waals surface area (Å²) in [5, 5.41) is 9.12. The summed E-state index contributed by atoms with van der Waals surface area (Å²) >= 11 is 0. The first-order valence-electron chi connectivity index (χ1n) is 3.27. The average molecular weight is 131 g/mol. The molecule has 3 N–H and O–H groups in total. The van der Waals surface area contributed by atoms with Gasteiger partial charge in [0.05, 0.1) is 18.3 Å². The Morgan fingerprint density at radius 1 is 1.78 bits per heavy atom. The fourth-order valence-electron chi connectivity index (χ4n) is 1.06. The summed E-state index contributed by atoms with van der Waals surface area (Å²) in [6.45, 7) is 2.38. The summed E-state index contributed by atoms with van der Waals surface area (Å²) in [5.74, 6) is 0. The van der Waals surface area contributed by atoms with Crippen LogP contribution < -0.4 is 5.73 Å². The molecule has 0 radical (unpaired) electrons. The van der Waals surface area contributed by atoms with E-state index in [-0.39, 0.29) is 18.3 Å². The maximum atomic E-state index is 9.12. The topological polar surface area (TPSA) is 55.5 Å². The molecule has 0 bridgehead atoms. The third kappa shape index (κ3) is 1.41. The summed E-state index contributed by atoms with van der Waals surface area (Å²) in [6, 6.07) is 0. The molecule has 0 unspecified atom stereocenters. The van der Waals surface area contributed by atoms with E-state index in [0.717, 1.165) is 0 Å². The van der Waals surface area contributed by atoms with Gasteiger partial charge in [-0.1, -0.05) is 0 Å². The minimum Gasteiger partial charge on any atom is -0.390 e. The van der Waals surface area contributed by atoms with E-state index in [1.165, 1.54) is 0 Å². The van der Waals surface area contributed by atoms with Crippen LogP contribution in [0.15, 0.2) is 0 Å². The highest BCUT2D eigenvalue weighted by atomic mass is 16.5. The number of aliphatic hydroxyl groups is 1. The molecular formula is C6H13NO2. The first kappa shape index (κ1) is 6.99. The molecule has 1 heterocycles. The number of rotatable bonds is 1. The van der Waals surface area contributed by atoms with Gasteiger partial charge in [-0.05, 0) is 6.92 Å². The van der Waals surface area contributed by atoms with Crippen molar-refractivity contribution in [2.75, 3.05) is 6.54 Å². The molecule has 0 amide bonds. The number of hydrogen-bond donors (Lipinski definition) is 2. The Morgan fingerprint density at radius 2 is 2.44 bits per heavy atom. The standard InChI is InChI=1S/C6H13NO2/c1-4-6(8)2-5(3-7)9-4/h4-6,8H,2-3,7H2,1H3/t4-,5-,6+/m1/s1. The van der Waals surface area contributed by atoms with E-state index in [1.54, 1.807) is 0 Å². The minimum atomic E-state index is -0.307. The van der Waals surface area contributed by atoms with Crippen molar-refractivity contribution in [1.29, 1.82) is 0 Å². The Hall–Kier alpha value is -0.120. The maximum Gasteiger partial charge on any atom is 0.0824 e. The molecule has 0 aromatic carbocycles. The van der Waals surface area contributed by atoms with E-state index in [4.69, 9.17) is 15.6 Å². The fourth-order valence-corrected chi connectivity index (χ4v) is 1.06. The van der Waals surface area contributed by atoms with Gasteiger partial charge in [-0.2, -0.15) is 0 Å². The van der Waals surface area contributed by atoms with Gasteiger partial charge in [-0.15, -0.1) is 0 Å². The molecule has 0 saturated carbocycles. The van der Waals surface area contributed by atoms with Crippen LogP contribution in [0, 0.1) is 0 Å². The highest BCUT2D eigenvalue weighted by Crippen LogP contribution is 2.18. The number of ether oxygens (including phenoxy) is 1. The molecule has 0 aromatic heterocycles. The summed E-state index contributed by atoms with van der Waals surface area (Å²) in [6.07, 6.45) is 0.435. The lowest BCUT2D eigenvalue weighted by atomic mass is 10.1. The van der Waals surface area contributed by atoms with E-state index in [9.17, 15) is 0 Å². The summed E-state index contributed by atoms with van der Waals surface area (Å²) in [4.78, 5) is 0. The number of hydrogen-bond acceptors (Lipinski definition) is 3. The third-order valence-electron chi connectivity index (χ3n) is 1.72. The van der Waals surface area contributed by atoms with Crippen LogP contribution in [0.1, 0.15) is 13.3 Å². The lowest BCUT2D eigenvalue weighted by molar-refractivity contribution is 0.0255. The van der Waals surface area contributed by atoms with Crippen LogP contribution in [0.4, 0.5) is 0 Å². The molecule has 9 heavy (non-hydrogen) atoms. The zero-order valence-corrected chi connectivity index (χ0v) is 5.58. The van der Waals surface area contributed by atoms with Crippen molar-refractivity contribution in [2.45, 2.75) is 31.7 Å². The van der Waals surface area contributed by atoms with Gasteiger partial charge in [0.1, 0.15) is 0 Å². The molecule has 0 aliphatic carbocycles. The molecule has 0 spiro atoms. The molecule has 1 fully saturated rings. The predicted octanol–water partition coefficient (Wildman–Crippen LogP) is -0.517. The lowest BCUT2D eigenvalue weighted by Crippen LogP contribution is -2.19. The molecule has 0 aromatic rings. The molecule has 3 atom stereocenters. The second kappa shape index (κ2) is 2.64. The highest BCUT2D eigenvalue weighted by molar-refractivity contribution is 4.78. The Balaban J connectivity index is 2.35. The number of nitrogens with two attached hydrogens (primary N) is 1. The van der Waals surface area contributed by atoms with Crippen LogP contribution in [0.3, 0.4) is 0 Å². The first-order chi connectivity index (χ1) is 4.24. The second-order valence-corrected chi connectivity index (χ2v) is 2.50. The molecule has 1 aliphatic heterocycles. The van der Waals surface area contributed by atoms with Crippen molar-refractivity contribution in [2.24, 2.45) is 5.73 Å². The molecule has 1 rings (SSSR count). The summed E-state index contributed by atoms with van der Waals surface area (Å²) in [7, 11) is 0. The van der Waals surface area contributed by atoms with Crippen LogP contribution in [0.5, 0.6) is 0 Å².